The summed E-state index contributed by atoms with van der Waals surface area (Å²) in [5, 5.41) is 0.213. The van der Waals surface area contributed by atoms with Crippen molar-refractivity contribution in [1.82, 2.24) is 4.90 Å². The van der Waals surface area contributed by atoms with Crippen LogP contribution in [0.2, 0.25) is 5.02 Å². The molecular weight excluding hydrogens is 424 g/mol. The highest BCUT2D eigenvalue weighted by Gasteiger charge is 2.36. The van der Waals surface area contributed by atoms with Crippen LogP contribution < -0.4 is 9.47 Å². The van der Waals surface area contributed by atoms with Crippen LogP contribution in [-0.4, -0.2) is 31.6 Å². The highest BCUT2D eigenvalue weighted by atomic mass is 35.5. The highest BCUT2D eigenvalue weighted by Crippen LogP contribution is 2.44. The minimum Gasteiger partial charge on any atom is -0.493 e. The van der Waals surface area contributed by atoms with Crippen LogP contribution in [0.5, 0.6) is 11.5 Å². The van der Waals surface area contributed by atoms with Gasteiger partial charge in [0.2, 0.25) is 0 Å². The summed E-state index contributed by atoms with van der Waals surface area (Å²) < 4.78 is 39.2. The summed E-state index contributed by atoms with van der Waals surface area (Å²) in [6.07, 6.45) is 0.533. The Labute approximate surface area is 184 Å². The van der Waals surface area contributed by atoms with E-state index in [-0.39, 0.29) is 16.5 Å². The SMILES string of the molecule is COc1cc2c(cc1OC)C(c1c(F)cccc1Cl)N(C(=O)c1ccc(F)cc1)CC2. The van der Waals surface area contributed by atoms with Crippen LogP contribution in [0, 0.1) is 11.6 Å². The molecule has 1 heterocycles. The Morgan fingerprint density at radius 2 is 1.71 bits per heavy atom. The summed E-state index contributed by atoms with van der Waals surface area (Å²) in [4.78, 5) is 14.9. The molecule has 1 unspecified atom stereocenters. The lowest BCUT2D eigenvalue weighted by Crippen LogP contribution is -2.41. The third kappa shape index (κ3) is 3.83. The fraction of sp³-hybridized carbons (Fsp3) is 0.208. The van der Waals surface area contributed by atoms with Crippen molar-refractivity contribution in [1.29, 1.82) is 0 Å². The molecule has 3 aromatic rings. The summed E-state index contributed by atoms with van der Waals surface area (Å²) >= 11 is 6.41. The molecule has 0 bridgehead atoms. The standard InChI is InChI=1S/C24H20ClF2NO3/c1-30-20-12-15-10-11-28(24(29)14-6-8-16(26)9-7-14)23(17(15)13-21(20)31-2)22-18(25)4-3-5-19(22)27/h3-9,12-13,23H,10-11H2,1-2H3. The van der Waals surface area contributed by atoms with Crippen LogP contribution in [0.1, 0.15) is 33.1 Å². The van der Waals surface area contributed by atoms with Crippen LogP contribution in [0.4, 0.5) is 8.78 Å². The van der Waals surface area contributed by atoms with Crippen LogP contribution in [0.25, 0.3) is 0 Å². The zero-order chi connectivity index (χ0) is 22.1. The minimum absolute atomic E-state index is 0.202. The van der Waals surface area contributed by atoms with Crippen molar-refractivity contribution in [2.24, 2.45) is 0 Å². The highest BCUT2D eigenvalue weighted by molar-refractivity contribution is 6.31. The van der Waals surface area contributed by atoms with Gasteiger partial charge in [-0.05, 0) is 66.1 Å². The van der Waals surface area contributed by atoms with E-state index in [0.717, 1.165) is 5.56 Å². The van der Waals surface area contributed by atoms with E-state index < -0.39 is 17.7 Å². The quantitative estimate of drug-likeness (QED) is 0.540. The summed E-state index contributed by atoms with van der Waals surface area (Å²) in [6, 6.07) is 12.5. The third-order valence-corrected chi connectivity index (χ3v) is 5.83. The first-order chi connectivity index (χ1) is 14.9. The molecule has 0 saturated heterocycles. The molecular formula is C24H20ClF2NO3. The van der Waals surface area contributed by atoms with Crippen molar-refractivity contribution in [3.63, 3.8) is 0 Å². The van der Waals surface area contributed by atoms with Gasteiger partial charge < -0.3 is 14.4 Å². The van der Waals surface area contributed by atoms with E-state index in [1.165, 1.54) is 43.5 Å². The summed E-state index contributed by atoms with van der Waals surface area (Å²) in [6.45, 7) is 0.327. The monoisotopic (exact) mass is 443 g/mol. The molecule has 7 heteroatoms. The Bertz CT molecular complexity index is 1110. The number of benzene rings is 3. The van der Waals surface area contributed by atoms with Crippen LogP contribution in [-0.2, 0) is 6.42 Å². The van der Waals surface area contributed by atoms with Crippen molar-refractivity contribution in [3.05, 3.63) is 93.5 Å². The molecule has 0 aliphatic carbocycles. The van der Waals surface area contributed by atoms with E-state index in [1.807, 2.05) is 6.07 Å². The minimum atomic E-state index is -0.783. The Kier molecular flexibility index (Phi) is 5.83. The molecule has 3 aromatic carbocycles. The first-order valence-corrected chi connectivity index (χ1v) is 10.1. The predicted molar refractivity (Wildman–Crippen MR) is 114 cm³/mol. The Morgan fingerprint density at radius 1 is 1.03 bits per heavy atom. The average molecular weight is 444 g/mol. The van der Waals surface area contributed by atoms with Crippen LogP contribution in [0.3, 0.4) is 0 Å². The van der Waals surface area contributed by atoms with Gasteiger partial charge >= 0.3 is 0 Å². The fourth-order valence-electron chi connectivity index (χ4n) is 4.01. The maximum absolute atomic E-state index is 15.0. The molecule has 4 rings (SSSR count). The maximum atomic E-state index is 15.0. The number of halogens is 3. The molecule has 1 aliphatic heterocycles. The summed E-state index contributed by atoms with van der Waals surface area (Å²) in [5.41, 5.74) is 2.12. The van der Waals surface area contributed by atoms with Gasteiger partial charge in [0.15, 0.2) is 11.5 Å². The zero-order valence-corrected chi connectivity index (χ0v) is 17.7. The first kappa shape index (κ1) is 21.1. The molecule has 0 radical (unpaired) electrons. The number of carbonyl (C=O) groups is 1. The van der Waals surface area contributed by atoms with Crippen molar-refractivity contribution in [2.75, 3.05) is 20.8 Å². The lowest BCUT2D eigenvalue weighted by Gasteiger charge is -2.38. The average Bonchev–Trinajstić information content (AvgIpc) is 2.78. The van der Waals surface area contributed by atoms with Crippen molar-refractivity contribution in [2.45, 2.75) is 12.5 Å². The lowest BCUT2D eigenvalue weighted by molar-refractivity contribution is 0.0691. The van der Waals surface area contributed by atoms with Crippen LogP contribution in [0.15, 0.2) is 54.6 Å². The van der Waals surface area contributed by atoms with E-state index in [1.54, 1.807) is 24.1 Å². The molecule has 1 aliphatic rings. The van der Waals surface area contributed by atoms with Gasteiger partial charge in [0.25, 0.3) is 5.91 Å². The van der Waals surface area contributed by atoms with E-state index in [0.29, 0.717) is 35.6 Å². The molecule has 0 saturated carbocycles. The van der Waals surface area contributed by atoms with Crippen molar-refractivity contribution in [3.8, 4) is 11.5 Å². The normalized spacial score (nSPS) is 15.4. The Balaban J connectivity index is 1.90. The number of methoxy groups -OCH3 is 2. The number of ether oxygens (including phenoxy) is 2. The van der Waals surface area contributed by atoms with Gasteiger partial charge in [-0.25, -0.2) is 8.78 Å². The fourth-order valence-corrected chi connectivity index (χ4v) is 4.27. The molecule has 0 aromatic heterocycles. The van der Waals surface area contributed by atoms with Crippen molar-refractivity contribution < 1.29 is 23.0 Å². The van der Waals surface area contributed by atoms with Gasteiger partial charge in [-0.1, -0.05) is 17.7 Å². The van der Waals surface area contributed by atoms with E-state index in [9.17, 15) is 9.18 Å². The van der Waals surface area contributed by atoms with Crippen LogP contribution >= 0.6 is 11.6 Å². The summed E-state index contributed by atoms with van der Waals surface area (Å²) in [7, 11) is 3.06. The molecule has 0 spiro atoms. The van der Waals surface area contributed by atoms with Gasteiger partial charge in [0, 0.05) is 22.7 Å². The topological polar surface area (TPSA) is 38.8 Å². The Hall–Kier alpha value is -3.12. The van der Waals surface area contributed by atoms with E-state index in [4.69, 9.17) is 21.1 Å². The van der Waals surface area contributed by atoms with Crippen molar-refractivity contribution >= 4 is 17.5 Å². The zero-order valence-electron chi connectivity index (χ0n) is 17.0. The van der Waals surface area contributed by atoms with E-state index in [2.05, 4.69) is 0 Å². The molecule has 1 atom stereocenters. The number of hydrogen-bond acceptors (Lipinski definition) is 3. The van der Waals surface area contributed by atoms with Gasteiger partial charge in [-0.2, -0.15) is 0 Å². The molecule has 31 heavy (non-hydrogen) atoms. The number of rotatable bonds is 4. The van der Waals surface area contributed by atoms with Gasteiger partial charge in [-0.3, -0.25) is 4.79 Å². The maximum Gasteiger partial charge on any atom is 0.254 e. The number of carbonyl (C=O) groups excluding carboxylic acids is 1. The second kappa shape index (κ2) is 8.55. The first-order valence-electron chi connectivity index (χ1n) is 9.69. The van der Waals surface area contributed by atoms with Gasteiger partial charge in [-0.15, -0.1) is 0 Å². The van der Waals surface area contributed by atoms with E-state index >= 15 is 4.39 Å². The molecule has 4 nitrogen and oxygen atoms in total. The van der Waals surface area contributed by atoms with Gasteiger partial charge in [0.1, 0.15) is 11.6 Å². The molecule has 1 amide bonds. The molecule has 0 N–H and O–H groups in total. The largest absolute Gasteiger partial charge is 0.493 e. The Morgan fingerprint density at radius 3 is 2.35 bits per heavy atom. The second-order valence-electron chi connectivity index (χ2n) is 7.20. The predicted octanol–water partition coefficient (Wildman–Crippen LogP) is 5.42. The third-order valence-electron chi connectivity index (χ3n) is 5.50. The lowest BCUT2D eigenvalue weighted by atomic mass is 9.87. The second-order valence-corrected chi connectivity index (χ2v) is 7.61. The molecule has 0 fully saturated rings. The van der Waals surface area contributed by atoms with Gasteiger partial charge in [0.05, 0.1) is 20.3 Å². The number of fused-ring (bicyclic) bond motifs is 1. The summed E-state index contributed by atoms with van der Waals surface area (Å²) in [5.74, 6) is -0.277. The number of hydrogen-bond donors (Lipinski definition) is 0. The number of nitrogens with zero attached hydrogens (tertiary/aromatic N) is 1. The smallest absolute Gasteiger partial charge is 0.254 e. The number of amides is 1. The molecule has 160 valence electrons.